The second kappa shape index (κ2) is 6.64. The van der Waals surface area contributed by atoms with Crippen LogP contribution in [0.15, 0.2) is 0 Å². The van der Waals surface area contributed by atoms with Crippen LogP contribution in [0.5, 0.6) is 0 Å². The van der Waals surface area contributed by atoms with Crippen molar-refractivity contribution >= 4 is 11.8 Å². The van der Waals surface area contributed by atoms with Crippen molar-refractivity contribution < 1.29 is 22.8 Å². The summed E-state index contributed by atoms with van der Waals surface area (Å²) in [6.45, 7) is 2.41. The fourth-order valence-electron chi connectivity index (χ4n) is 2.73. The molecular formula is C13H20F3N3O2. The molecule has 0 aromatic carbocycles. The van der Waals surface area contributed by atoms with Crippen LogP contribution >= 0.6 is 0 Å². The quantitative estimate of drug-likeness (QED) is 0.667. The topological polar surface area (TPSA) is 52.7 Å². The van der Waals surface area contributed by atoms with Crippen LogP contribution in [0.1, 0.15) is 19.3 Å². The minimum Gasteiger partial charge on any atom is -0.334 e. The molecule has 0 radical (unpaired) electrons. The molecule has 2 aliphatic heterocycles. The molecule has 2 saturated heterocycles. The van der Waals surface area contributed by atoms with E-state index in [4.69, 9.17) is 0 Å². The molecule has 8 heteroatoms. The van der Waals surface area contributed by atoms with E-state index >= 15 is 0 Å². The highest BCUT2D eigenvalue weighted by atomic mass is 19.4. The Kier molecular flexibility index (Phi) is 5.08. The highest BCUT2D eigenvalue weighted by Gasteiger charge is 2.42. The second-order valence-electron chi connectivity index (χ2n) is 5.50. The van der Waals surface area contributed by atoms with Crippen LogP contribution in [0.25, 0.3) is 0 Å². The van der Waals surface area contributed by atoms with Crippen molar-refractivity contribution in [2.75, 3.05) is 39.3 Å². The summed E-state index contributed by atoms with van der Waals surface area (Å²) < 4.78 is 37.7. The predicted molar refractivity (Wildman–Crippen MR) is 69.4 cm³/mol. The van der Waals surface area contributed by atoms with E-state index in [2.05, 4.69) is 5.32 Å². The molecule has 0 spiro atoms. The van der Waals surface area contributed by atoms with E-state index in [0.29, 0.717) is 19.6 Å². The van der Waals surface area contributed by atoms with Crippen LogP contribution in [-0.2, 0) is 9.59 Å². The molecule has 2 aliphatic rings. The van der Waals surface area contributed by atoms with E-state index in [9.17, 15) is 22.8 Å². The van der Waals surface area contributed by atoms with Gasteiger partial charge in [0.1, 0.15) is 0 Å². The third-order valence-corrected chi connectivity index (χ3v) is 4.06. The maximum Gasteiger partial charge on any atom is 0.391 e. The van der Waals surface area contributed by atoms with Crippen molar-refractivity contribution in [3.8, 4) is 0 Å². The lowest BCUT2D eigenvalue weighted by Crippen LogP contribution is -2.49. The first-order valence-corrected chi connectivity index (χ1v) is 7.25. The summed E-state index contributed by atoms with van der Waals surface area (Å²) in [6.07, 6.45) is -3.68. The van der Waals surface area contributed by atoms with Crippen molar-refractivity contribution in [3.63, 3.8) is 0 Å². The Hall–Kier alpha value is -1.31. The summed E-state index contributed by atoms with van der Waals surface area (Å²) in [5.74, 6) is -2.62. The molecule has 0 bridgehead atoms. The average Bonchev–Trinajstić information content (AvgIpc) is 2.74. The highest BCUT2D eigenvalue weighted by molar-refractivity contribution is 6.34. The van der Waals surface area contributed by atoms with Gasteiger partial charge in [0.05, 0.1) is 5.92 Å². The van der Waals surface area contributed by atoms with E-state index in [1.165, 1.54) is 9.80 Å². The monoisotopic (exact) mass is 307 g/mol. The Balaban J connectivity index is 1.87. The second-order valence-corrected chi connectivity index (χ2v) is 5.50. The molecule has 5 nitrogen and oxygen atoms in total. The normalized spacial score (nSPS) is 22.0. The molecule has 2 fully saturated rings. The summed E-state index contributed by atoms with van der Waals surface area (Å²) in [7, 11) is 0. The summed E-state index contributed by atoms with van der Waals surface area (Å²) in [5.41, 5.74) is 0. The fraction of sp³-hybridized carbons (Fsp3) is 0.846. The van der Waals surface area contributed by atoms with Gasteiger partial charge in [0.25, 0.3) is 0 Å². The summed E-state index contributed by atoms with van der Waals surface area (Å²) in [5, 5.41) is 3.13. The van der Waals surface area contributed by atoms with Gasteiger partial charge in [-0.25, -0.2) is 0 Å². The van der Waals surface area contributed by atoms with Gasteiger partial charge in [0.2, 0.25) is 0 Å². The number of carbonyl (C=O) groups excluding carboxylic acids is 2. The molecule has 2 rings (SSSR count). The molecule has 1 N–H and O–H groups in total. The van der Waals surface area contributed by atoms with Crippen LogP contribution in [0.4, 0.5) is 13.2 Å². The zero-order valence-corrected chi connectivity index (χ0v) is 11.8. The van der Waals surface area contributed by atoms with Gasteiger partial charge in [-0.1, -0.05) is 0 Å². The Labute approximate surface area is 121 Å². The minimum absolute atomic E-state index is 0.000833. The third-order valence-electron chi connectivity index (χ3n) is 4.06. The van der Waals surface area contributed by atoms with Gasteiger partial charge >= 0.3 is 18.0 Å². The molecule has 0 unspecified atom stereocenters. The van der Waals surface area contributed by atoms with E-state index in [0.717, 1.165) is 13.0 Å². The number of alkyl halides is 3. The molecule has 2 amide bonds. The Morgan fingerprint density at radius 2 is 1.48 bits per heavy atom. The maximum atomic E-state index is 12.6. The van der Waals surface area contributed by atoms with Crippen molar-refractivity contribution in [3.05, 3.63) is 0 Å². The highest BCUT2D eigenvalue weighted by Crippen LogP contribution is 2.34. The third kappa shape index (κ3) is 4.09. The summed E-state index contributed by atoms with van der Waals surface area (Å²) in [6, 6.07) is 0. The average molecular weight is 307 g/mol. The Bertz CT molecular complexity index is 385. The molecular weight excluding hydrogens is 287 g/mol. The Morgan fingerprint density at radius 1 is 0.905 bits per heavy atom. The summed E-state index contributed by atoms with van der Waals surface area (Å²) >= 11 is 0. The number of hydrogen-bond acceptors (Lipinski definition) is 3. The molecule has 0 aromatic heterocycles. The van der Waals surface area contributed by atoms with Gasteiger partial charge in [0, 0.05) is 32.7 Å². The SMILES string of the molecule is O=C(C(=O)N1CCC(C(F)(F)F)CC1)N1CCCNCC1. The number of rotatable bonds is 0. The number of halogens is 3. The van der Waals surface area contributed by atoms with Gasteiger partial charge in [-0.2, -0.15) is 13.2 Å². The summed E-state index contributed by atoms with van der Waals surface area (Å²) in [4.78, 5) is 26.9. The molecule has 0 aromatic rings. The molecule has 21 heavy (non-hydrogen) atoms. The molecule has 0 saturated carbocycles. The first kappa shape index (κ1) is 16.1. The predicted octanol–water partition coefficient (Wildman–Crippen LogP) is 0.609. The number of nitrogens with zero attached hydrogens (tertiary/aromatic N) is 2. The smallest absolute Gasteiger partial charge is 0.334 e. The van der Waals surface area contributed by atoms with Gasteiger partial charge in [-0.3, -0.25) is 9.59 Å². The number of hydrogen-bond donors (Lipinski definition) is 1. The van der Waals surface area contributed by atoms with E-state index in [-0.39, 0.29) is 25.9 Å². The zero-order valence-electron chi connectivity index (χ0n) is 11.8. The van der Waals surface area contributed by atoms with E-state index in [1.807, 2.05) is 0 Å². The van der Waals surface area contributed by atoms with Gasteiger partial charge in [-0.05, 0) is 25.8 Å². The number of carbonyl (C=O) groups is 2. The van der Waals surface area contributed by atoms with Crippen LogP contribution in [0, 0.1) is 5.92 Å². The first-order chi connectivity index (χ1) is 9.89. The maximum absolute atomic E-state index is 12.6. The zero-order chi connectivity index (χ0) is 15.5. The van der Waals surface area contributed by atoms with E-state index < -0.39 is 23.9 Å². The van der Waals surface area contributed by atoms with Gasteiger partial charge in [0.15, 0.2) is 0 Å². The number of piperidine rings is 1. The largest absolute Gasteiger partial charge is 0.391 e. The van der Waals surface area contributed by atoms with Crippen LogP contribution in [-0.4, -0.2) is 67.1 Å². The molecule has 2 heterocycles. The first-order valence-electron chi connectivity index (χ1n) is 7.25. The standard InChI is InChI=1S/C13H20F3N3O2/c14-13(15,16)10-2-7-19(8-3-10)12(21)11(20)18-6-1-4-17-5-9-18/h10,17H,1-9H2. The molecule has 120 valence electrons. The van der Waals surface area contributed by atoms with E-state index in [1.54, 1.807) is 0 Å². The lowest BCUT2D eigenvalue weighted by molar-refractivity contribution is -0.186. The number of amides is 2. The lowest BCUT2D eigenvalue weighted by Gasteiger charge is -2.33. The minimum atomic E-state index is -4.21. The van der Waals surface area contributed by atoms with Crippen molar-refractivity contribution in [2.45, 2.75) is 25.4 Å². The van der Waals surface area contributed by atoms with Crippen molar-refractivity contribution in [1.29, 1.82) is 0 Å². The van der Waals surface area contributed by atoms with Crippen molar-refractivity contribution in [2.24, 2.45) is 5.92 Å². The number of nitrogens with one attached hydrogen (secondary N) is 1. The fourth-order valence-corrected chi connectivity index (χ4v) is 2.73. The van der Waals surface area contributed by atoms with Gasteiger partial charge < -0.3 is 15.1 Å². The van der Waals surface area contributed by atoms with Crippen LogP contribution in [0.3, 0.4) is 0 Å². The van der Waals surface area contributed by atoms with Crippen LogP contribution in [0.2, 0.25) is 0 Å². The van der Waals surface area contributed by atoms with Crippen LogP contribution < -0.4 is 5.32 Å². The molecule has 0 aliphatic carbocycles. The van der Waals surface area contributed by atoms with Crippen molar-refractivity contribution in [1.82, 2.24) is 15.1 Å². The lowest BCUT2D eigenvalue weighted by atomic mass is 9.96. The van der Waals surface area contributed by atoms with Gasteiger partial charge in [-0.15, -0.1) is 0 Å². The molecule has 0 atom stereocenters. The number of likely N-dealkylation sites (tertiary alicyclic amines) is 1. The Morgan fingerprint density at radius 3 is 2.05 bits per heavy atom.